The summed E-state index contributed by atoms with van der Waals surface area (Å²) in [4.78, 5) is 9.78. The number of hydrogen-bond acceptors (Lipinski definition) is 3. The van der Waals surface area contributed by atoms with Crippen LogP contribution in [0.4, 0.5) is 0 Å². The summed E-state index contributed by atoms with van der Waals surface area (Å²) in [6.07, 6.45) is 3.99. The molecule has 4 heteroatoms. The Hall–Kier alpha value is -5.48. The minimum Gasteiger partial charge on any atom is -0.456 e. The Morgan fingerprint density at radius 1 is 0.525 bits per heavy atom. The van der Waals surface area contributed by atoms with Crippen LogP contribution in [0.1, 0.15) is 0 Å². The second-order valence-corrected chi connectivity index (χ2v) is 10.3. The van der Waals surface area contributed by atoms with Crippen molar-refractivity contribution in [2.24, 2.45) is 0 Å². The van der Waals surface area contributed by atoms with Crippen LogP contribution in [0.5, 0.6) is 0 Å². The van der Waals surface area contributed by atoms with Crippen molar-refractivity contribution in [3.8, 4) is 22.4 Å². The Labute approximate surface area is 228 Å². The molecule has 9 aromatic rings. The van der Waals surface area contributed by atoms with E-state index in [1.807, 2.05) is 30.5 Å². The molecule has 0 amide bonds. The Morgan fingerprint density at radius 3 is 2.23 bits per heavy atom. The van der Waals surface area contributed by atoms with E-state index in [4.69, 9.17) is 14.4 Å². The summed E-state index contributed by atoms with van der Waals surface area (Å²) in [6.45, 7) is 0. The van der Waals surface area contributed by atoms with E-state index in [1.165, 1.54) is 16.2 Å². The molecule has 9 rings (SSSR count). The van der Waals surface area contributed by atoms with Gasteiger partial charge >= 0.3 is 0 Å². The van der Waals surface area contributed by atoms with Crippen molar-refractivity contribution in [3.63, 3.8) is 0 Å². The first-order valence-corrected chi connectivity index (χ1v) is 13.4. The first kappa shape index (κ1) is 21.5. The molecule has 5 aromatic carbocycles. The predicted molar refractivity (Wildman–Crippen MR) is 164 cm³/mol. The van der Waals surface area contributed by atoms with E-state index in [0.717, 1.165) is 66.4 Å². The molecule has 4 aromatic heterocycles. The molecule has 4 nitrogen and oxygen atoms in total. The molecule has 0 saturated carbocycles. The average molecular weight is 512 g/mol. The number of pyridine rings is 2. The second kappa shape index (κ2) is 8.01. The molecule has 0 bridgehead atoms. The Balaban J connectivity index is 1.24. The molecule has 4 heterocycles. The van der Waals surface area contributed by atoms with Crippen LogP contribution in [0.25, 0.3) is 82.5 Å². The maximum Gasteiger partial charge on any atom is 0.137 e. The highest BCUT2D eigenvalue weighted by atomic mass is 16.3. The highest BCUT2D eigenvalue weighted by Gasteiger charge is 2.15. The van der Waals surface area contributed by atoms with E-state index in [2.05, 4.69) is 102 Å². The molecule has 0 radical (unpaired) electrons. The fourth-order valence-corrected chi connectivity index (χ4v) is 6.17. The minimum atomic E-state index is 0.895. The fourth-order valence-electron chi connectivity index (χ4n) is 6.17. The van der Waals surface area contributed by atoms with Crippen LogP contribution in [0, 0.1) is 0 Å². The van der Waals surface area contributed by atoms with Gasteiger partial charge < -0.3 is 4.42 Å². The second-order valence-electron chi connectivity index (χ2n) is 10.3. The van der Waals surface area contributed by atoms with Crippen LogP contribution < -0.4 is 0 Å². The van der Waals surface area contributed by atoms with Gasteiger partial charge in [-0.1, -0.05) is 66.7 Å². The van der Waals surface area contributed by atoms with Crippen molar-refractivity contribution in [2.45, 2.75) is 0 Å². The maximum absolute atomic E-state index is 6.15. The Bertz CT molecular complexity index is 2450. The quantitative estimate of drug-likeness (QED) is 0.217. The van der Waals surface area contributed by atoms with E-state index in [1.54, 1.807) is 0 Å². The largest absolute Gasteiger partial charge is 0.456 e. The van der Waals surface area contributed by atoms with Gasteiger partial charge in [-0.3, -0.25) is 9.38 Å². The number of rotatable bonds is 2. The van der Waals surface area contributed by atoms with E-state index in [-0.39, 0.29) is 0 Å². The summed E-state index contributed by atoms with van der Waals surface area (Å²) in [7, 11) is 0. The van der Waals surface area contributed by atoms with Crippen LogP contribution in [0.2, 0.25) is 0 Å². The molecule has 0 aliphatic carbocycles. The summed E-state index contributed by atoms with van der Waals surface area (Å²) in [6, 6.07) is 40.2. The number of imidazole rings is 1. The van der Waals surface area contributed by atoms with E-state index in [9.17, 15) is 0 Å². The highest BCUT2D eigenvalue weighted by Crippen LogP contribution is 2.38. The van der Waals surface area contributed by atoms with Crippen molar-refractivity contribution in [1.82, 2.24) is 14.4 Å². The smallest absolute Gasteiger partial charge is 0.137 e. The molecular weight excluding hydrogens is 490 g/mol. The zero-order valence-electron chi connectivity index (χ0n) is 21.4. The van der Waals surface area contributed by atoms with E-state index < -0.39 is 0 Å². The zero-order chi connectivity index (χ0) is 26.2. The van der Waals surface area contributed by atoms with Crippen molar-refractivity contribution in [3.05, 3.63) is 128 Å². The molecule has 40 heavy (non-hydrogen) atoms. The van der Waals surface area contributed by atoms with Gasteiger partial charge in [0.2, 0.25) is 0 Å². The van der Waals surface area contributed by atoms with Crippen LogP contribution in [-0.4, -0.2) is 14.4 Å². The summed E-state index contributed by atoms with van der Waals surface area (Å²) < 4.78 is 8.35. The van der Waals surface area contributed by atoms with Crippen LogP contribution in [0.15, 0.2) is 132 Å². The van der Waals surface area contributed by atoms with Crippen molar-refractivity contribution < 1.29 is 4.42 Å². The number of fused-ring (bicyclic) bond motifs is 11. The lowest BCUT2D eigenvalue weighted by Crippen LogP contribution is -1.89. The van der Waals surface area contributed by atoms with Gasteiger partial charge in [-0.25, -0.2) is 4.98 Å². The monoisotopic (exact) mass is 511 g/mol. The van der Waals surface area contributed by atoms with Gasteiger partial charge in [-0.2, -0.15) is 0 Å². The highest BCUT2D eigenvalue weighted by molar-refractivity contribution is 6.24. The molecule has 0 atom stereocenters. The standard InChI is InChI=1S/C36H21N3O/c1-2-9-28-25(7-1)30-19-24(13-15-29(30)36-35(28)38-34-11-5-6-18-39(34)36)31-20-23(16-17-37-31)22-12-14-27-26-8-3-4-10-32(26)40-33(27)21-22/h1-21H. The lowest BCUT2D eigenvalue weighted by atomic mass is 9.96. The molecule has 0 saturated heterocycles. The van der Waals surface area contributed by atoms with Crippen molar-refractivity contribution in [1.29, 1.82) is 0 Å². The molecule has 0 spiro atoms. The SMILES string of the molecule is c1ccc2c(c1)oc1cc(-c3ccnc(-c4ccc5c(c4)c4ccccc4c4nc6ccccn6c54)c3)ccc12. The third kappa shape index (κ3) is 3.01. The van der Waals surface area contributed by atoms with Gasteiger partial charge in [0, 0.05) is 39.5 Å². The summed E-state index contributed by atoms with van der Waals surface area (Å²) >= 11 is 0. The van der Waals surface area contributed by atoms with Gasteiger partial charge in [-0.15, -0.1) is 0 Å². The fraction of sp³-hybridized carbons (Fsp3) is 0. The molecule has 0 unspecified atom stereocenters. The predicted octanol–water partition coefficient (Wildman–Crippen LogP) is 9.42. The lowest BCUT2D eigenvalue weighted by Gasteiger charge is -2.10. The number of furan rings is 1. The number of aromatic nitrogens is 3. The molecule has 0 fully saturated rings. The third-order valence-corrected chi connectivity index (χ3v) is 8.04. The summed E-state index contributed by atoms with van der Waals surface area (Å²) in [5.74, 6) is 0. The van der Waals surface area contributed by atoms with Gasteiger partial charge in [0.25, 0.3) is 0 Å². The number of benzene rings is 5. The van der Waals surface area contributed by atoms with Crippen LogP contribution in [0.3, 0.4) is 0 Å². The third-order valence-electron chi connectivity index (χ3n) is 8.04. The number of hydrogen-bond donors (Lipinski definition) is 0. The minimum absolute atomic E-state index is 0.895. The summed E-state index contributed by atoms with van der Waals surface area (Å²) in [5.41, 5.74) is 9.15. The number of para-hydroxylation sites is 1. The Kier molecular flexibility index (Phi) is 4.30. The molecular formula is C36H21N3O. The molecule has 0 aliphatic rings. The van der Waals surface area contributed by atoms with Crippen LogP contribution in [-0.2, 0) is 0 Å². The zero-order valence-corrected chi connectivity index (χ0v) is 21.4. The van der Waals surface area contributed by atoms with Gasteiger partial charge in [0.15, 0.2) is 0 Å². The van der Waals surface area contributed by atoms with Crippen LogP contribution >= 0.6 is 0 Å². The molecule has 0 aliphatic heterocycles. The molecule has 0 N–H and O–H groups in total. The topological polar surface area (TPSA) is 43.3 Å². The van der Waals surface area contributed by atoms with Crippen molar-refractivity contribution in [2.75, 3.05) is 0 Å². The Morgan fingerprint density at radius 2 is 1.27 bits per heavy atom. The lowest BCUT2D eigenvalue weighted by molar-refractivity contribution is 0.669. The van der Waals surface area contributed by atoms with E-state index in [0.29, 0.717) is 0 Å². The maximum atomic E-state index is 6.15. The molecule has 186 valence electrons. The van der Waals surface area contributed by atoms with Gasteiger partial charge in [0.05, 0.1) is 16.7 Å². The average Bonchev–Trinajstić information content (AvgIpc) is 3.60. The van der Waals surface area contributed by atoms with Gasteiger partial charge in [0.1, 0.15) is 16.8 Å². The summed E-state index contributed by atoms with van der Waals surface area (Å²) in [5, 5.41) is 7.01. The first-order valence-electron chi connectivity index (χ1n) is 13.4. The normalized spacial score (nSPS) is 12.0. The van der Waals surface area contributed by atoms with Gasteiger partial charge in [-0.05, 0) is 70.4 Å². The first-order chi connectivity index (χ1) is 19.8. The van der Waals surface area contributed by atoms with Crippen molar-refractivity contribution >= 4 is 60.2 Å². The number of nitrogens with zero attached hydrogens (tertiary/aromatic N) is 3. The van der Waals surface area contributed by atoms with E-state index >= 15 is 0 Å².